The van der Waals surface area contributed by atoms with Gasteiger partial charge in [-0.1, -0.05) is 13.8 Å². The zero-order chi connectivity index (χ0) is 18.8. The van der Waals surface area contributed by atoms with Crippen LogP contribution in [-0.4, -0.2) is 48.4 Å². The summed E-state index contributed by atoms with van der Waals surface area (Å²) in [6.45, 7) is 12.7. The van der Waals surface area contributed by atoms with E-state index in [9.17, 15) is 4.79 Å². The molecule has 0 radical (unpaired) electrons. The van der Waals surface area contributed by atoms with Crippen molar-refractivity contribution in [2.75, 3.05) is 13.1 Å². The topological polar surface area (TPSA) is 68.8 Å². The van der Waals surface area contributed by atoms with Crippen LogP contribution in [0.4, 0.5) is 0 Å². The van der Waals surface area contributed by atoms with E-state index in [0.717, 1.165) is 37.4 Å². The van der Waals surface area contributed by atoms with Crippen LogP contribution in [0.5, 0.6) is 0 Å². The first kappa shape index (κ1) is 18.6. The first-order valence-corrected chi connectivity index (χ1v) is 9.68. The summed E-state index contributed by atoms with van der Waals surface area (Å²) in [7, 11) is 0. The predicted octanol–water partition coefficient (Wildman–Crippen LogP) is 3.22. The van der Waals surface area contributed by atoms with Crippen LogP contribution >= 0.6 is 0 Å². The average Bonchev–Trinajstić information content (AvgIpc) is 3.28. The van der Waals surface area contributed by atoms with Gasteiger partial charge in [-0.05, 0) is 45.6 Å². The fourth-order valence-corrected chi connectivity index (χ4v) is 3.58. The molecule has 0 unspecified atom stereocenters. The van der Waals surface area contributed by atoms with Gasteiger partial charge in [0.15, 0.2) is 0 Å². The molecule has 26 heavy (non-hydrogen) atoms. The molecule has 1 fully saturated rings. The Hall–Kier alpha value is -2.18. The highest BCUT2D eigenvalue weighted by Crippen LogP contribution is 2.29. The largest absolute Gasteiger partial charge is 0.337 e. The van der Waals surface area contributed by atoms with Crippen molar-refractivity contribution in [3.63, 3.8) is 0 Å². The predicted molar refractivity (Wildman–Crippen MR) is 100 cm³/mol. The second-order valence-corrected chi connectivity index (χ2v) is 7.68. The smallest absolute Gasteiger partial charge is 0.272 e. The molecule has 142 valence electrons. The van der Waals surface area contributed by atoms with Crippen LogP contribution < -0.4 is 0 Å². The summed E-state index contributed by atoms with van der Waals surface area (Å²) >= 11 is 0. The minimum absolute atomic E-state index is 0.0926. The van der Waals surface area contributed by atoms with Gasteiger partial charge >= 0.3 is 0 Å². The third kappa shape index (κ3) is 3.52. The lowest BCUT2D eigenvalue weighted by molar-refractivity contribution is 0.0697. The van der Waals surface area contributed by atoms with Gasteiger partial charge in [0.25, 0.3) is 5.91 Å². The van der Waals surface area contributed by atoms with E-state index >= 15 is 0 Å². The van der Waals surface area contributed by atoms with Crippen molar-refractivity contribution in [3.05, 3.63) is 29.6 Å². The summed E-state index contributed by atoms with van der Waals surface area (Å²) < 4.78 is 3.97. The molecule has 2 aromatic rings. The Morgan fingerprint density at radius 1 is 1.23 bits per heavy atom. The fraction of sp³-hybridized carbons (Fsp3) is 0.684. The number of aryl methyl sites for hydroxylation is 1. The maximum Gasteiger partial charge on any atom is 0.272 e. The van der Waals surface area contributed by atoms with Crippen molar-refractivity contribution < 1.29 is 4.79 Å². The Labute approximate surface area is 155 Å². The van der Waals surface area contributed by atoms with Crippen LogP contribution in [0.15, 0.2) is 12.4 Å². The molecule has 1 saturated heterocycles. The molecule has 0 bridgehead atoms. The van der Waals surface area contributed by atoms with E-state index in [4.69, 9.17) is 0 Å². The third-order valence-electron chi connectivity index (χ3n) is 5.21. The molecule has 7 heteroatoms. The third-order valence-corrected chi connectivity index (χ3v) is 5.21. The number of rotatable bonds is 5. The van der Waals surface area contributed by atoms with Crippen LogP contribution in [0.2, 0.25) is 0 Å². The highest BCUT2D eigenvalue weighted by atomic mass is 16.2. The first-order chi connectivity index (χ1) is 12.4. The molecule has 1 aliphatic rings. The van der Waals surface area contributed by atoms with Gasteiger partial charge in [0.1, 0.15) is 17.8 Å². The number of carbonyl (C=O) groups excluding carboxylic acids is 1. The molecule has 7 nitrogen and oxygen atoms in total. The van der Waals surface area contributed by atoms with Gasteiger partial charge < -0.3 is 9.47 Å². The highest BCUT2D eigenvalue weighted by Gasteiger charge is 2.29. The van der Waals surface area contributed by atoms with Gasteiger partial charge in [-0.2, -0.15) is 5.10 Å². The molecule has 3 rings (SSSR count). The van der Waals surface area contributed by atoms with E-state index in [1.54, 1.807) is 0 Å². The molecule has 0 aromatic carbocycles. The van der Waals surface area contributed by atoms with Gasteiger partial charge in [-0.15, -0.1) is 10.2 Å². The van der Waals surface area contributed by atoms with E-state index in [1.165, 1.54) is 0 Å². The lowest BCUT2D eigenvalue weighted by Crippen LogP contribution is -2.39. The number of carbonyl (C=O) groups is 1. The van der Waals surface area contributed by atoms with Crippen molar-refractivity contribution in [2.24, 2.45) is 0 Å². The van der Waals surface area contributed by atoms with Gasteiger partial charge in [0.2, 0.25) is 0 Å². The molecule has 0 atom stereocenters. The lowest BCUT2D eigenvalue weighted by atomic mass is 9.95. The molecule has 1 amide bonds. The molecule has 0 spiro atoms. The summed E-state index contributed by atoms with van der Waals surface area (Å²) in [6, 6.07) is 2.31. The quantitative estimate of drug-likeness (QED) is 0.823. The Balaban J connectivity index is 1.70. The fourth-order valence-electron chi connectivity index (χ4n) is 3.58. The van der Waals surface area contributed by atoms with Crippen molar-refractivity contribution in [1.82, 2.24) is 29.4 Å². The molecule has 1 aliphatic heterocycles. The Morgan fingerprint density at radius 2 is 1.92 bits per heavy atom. The van der Waals surface area contributed by atoms with Gasteiger partial charge in [0.05, 0.1) is 5.69 Å². The zero-order valence-corrected chi connectivity index (χ0v) is 16.5. The normalized spacial score (nSPS) is 16.0. The maximum absolute atomic E-state index is 13.0. The van der Waals surface area contributed by atoms with Gasteiger partial charge in [-0.3, -0.25) is 9.48 Å². The average molecular weight is 358 g/mol. The molecular formula is C19H30N6O. The van der Waals surface area contributed by atoms with Crippen LogP contribution in [0.1, 0.15) is 87.3 Å². The Morgan fingerprint density at radius 3 is 2.50 bits per heavy atom. The van der Waals surface area contributed by atoms with E-state index in [-0.39, 0.29) is 5.91 Å². The first-order valence-electron chi connectivity index (χ1n) is 9.68. The molecular weight excluding hydrogens is 328 g/mol. The summed E-state index contributed by atoms with van der Waals surface area (Å²) in [4.78, 5) is 15.0. The standard InChI is InChI=1S/C19H30N6O/c1-6-25-17(11-16(22-25)13(2)3)19(26)23-9-7-15(8-10-23)18-21-20-12-24(18)14(4)5/h11-15H,6-10H2,1-5H3. The number of aromatic nitrogens is 5. The van der Waals surface area contributed by atoms with E-state index < -0.39 is 0 Å². The number of nitrogens with zero attached hydrogens (tertiary/aromatic N) is 6. The summed E-state index contributed by atoms with van der Waals surface area (Å²) in [5.74, 6) is 1.83. The maximum atomic E-state index is 13.0. The minimum atomic E-state index is 0.0926. The SMILES string of the molecule is CCn1nc(C(C)C)cc1C(=O)N1CCC(c2nncn2C(C)C)CC1. The highest BCUT2D eigenvalue weighted by molar-refractivity contribution is 5.92. The number of piperidine rings is 1. The van der Waals surface area contributed by atoms with Crippen LogP contribution in [-0.2, 0) is 6.54 Å². The second-order valence-electron chi connectivity index (χ2n) is 7.68. The van der Waals surface area contributed by atoms with Crippen molar-refractivity contribution in [3.8, 4) is 0 Å². The number of likely N-dealkylation sites (tertiary alicyclic amines) is 1. The monoisotopic (exact) mass is 358 g/mol. The van der Waals surface area contributed by atoms with Crippen molar-refractivity contribution in [1.29, 1.82) is 0 Å². The Bertz CT molecular complexity index is 752. The summed E-state index contributed by atoms with van der Waals surface area (Å²) in [5.41, 5.74) is 1.69. The zero-order valence-electron chi connectivity index (χ0n) is 16.5. The van der Waals surface area contributed by atoms with Crippen molar-refractivity contribution in [2.45, 2.75) is 71.9 Å². The van der Waals surface area contributed by atoms with Crippen LogP contribution in [0, 0.1) is 0 Å². The number of amides is 1. The van der Waals surface area contributed by atoms with E-state index in [1.807, 2.05) is 28.9 Å². The lowest BCUT2D eigenvalue weighted by Gasteiger charge is -2.32. The molecule has 0 N–H and O–H groups in total. The number of hydrogen-bond acceptors (Lipinski definition) is 4. The molecule has 0 aliphatic carbocycles. The number of hydrogen-bond donors (Lipinski definition) is 0. The van der Waals surface area contributed by atoms with E-state index in [2.05, 4.69) is 47.6 Å². The van der Waals surface area contributed by atoms with Crippen LogP contribution in [0.3, 0.4) is 0 Å². The minimum Gasteiger partial charge on any atom is -0.337 e. The summed E-state index contributed by atoms with van der Waals surface area (Å²) in [6.07, 6.45) is 3.66. The molecule has 3 heterocycles. The van der Waals surface area contributed by atoms with E-state index in [0.29, 0.717) is 30.1 Å². The molecule has 0 saturated carbocycles. The Kier molecular flexibility index (Phi) is 5.44. The second kappa shape index (κ2) is 7.60. The van der Waals surface area contributed by atoms with Gasteiger partial charge in [-0.25, -0.2) is 0 Å². The molecule has 2 aromatic heterocycles. The van der Waals surface area contributed by atoms with Crippen LogP contribution in [0.25, 0.3) is 0 Å². The summed E-state index contributed by atoms with van der Waals surface area (Å²) in [5, 5.41) is 13.0. The van der Waals surface area contributed by atoms with Gasteiger partial charge in [0, 0.05) is 31.6 Å². The van der Waals surface area contributed by atoms with Crippen molar-refractivity contribution >= 4 is 5.91 Å².